The molecule has 0 aliphatic heterocycles. The molecule has 0 amide bonds. The van der Waals surface area contributed by atoms with E-state index in [2.05, 4.69) is 4.84 Å². The summed E-state index contributed by atoms with van der Waals surface area (Å²) in [4.78, 5) is 37.5. The van der Waals surface area contributed by atoms with Gasteiger partial charge in [0.15, 0.2) is 6.29 Å². The molecule has 3 aromatic rings. The summed E-state index contributed by atoms with van der Waals surface area (Å²) in [7, 11) is 4.76. The van der Waals surface area contributed by atoms with Crippen molar-refractivity contribution in [2.24, 2.45) is 0 Å². The number of benzene rings is 2. The second-order valence-electron chi connectivity index (χ2n) is 6.64. The van der Waals surface area contributed by atoms with Crippen LogP contribution in [-0.2, 0) is 14.4 Å². The lowest BCUT2D eigenvalue weighted by Crippen LogP contribution is -2.11. The van der Waals surface area contributed by atoms with Crippen LogP contribution in [0.5, 0.6) is 11.5 Å². The number of carbonyl (C=O) groups excluding carboxylic acids is 2. The van der Waals surface area contributed by atoms with Gasteiger partial charge in [-0.15, -0.1) is 10.1 Å². The van der Waals surface area contributed by atoms with Crippen LogP contribution in [0.25, 0.3) is 10.4 Å². The summed E-state index contributed by atoms with van der Waals surface area (Å²) < 4.78 is 16.2. The van der Waals surface area contributed by atoms with Gasteiger partial charge in [-0.1, -0.05) is 45.0 Å². The maximum Gasteiger partial charge on any atom is 0.347 e. The molecule has 0 radical (unpaired) electrons. The third kappa shape index (κ3) is 10.3. The fourth-order valence-electron chi connectivity index (χ4n) is 2.59. The lowest BCUT2D eigenvalue weighted by molar-refractivity contribution is -0.757. The molecule has 0 bridgehead atoms. The Morgan fingerprint density at radius 2 is 1.80 bits per heavy atom. The minimum atomic E-state index is -0.785. The molecule has 3 rings (SSSR count). The summed E-state index contributed by atoms with van der Waals surface area (Å²) in [5.74, 6) is 0.201. The molecule has 1 heterocycles. The van der Waals surface area contributed by atoms with Gasteiger partial charge in [0.05, 0.1) is 6.61 Å². The maximum absolute atomic E-state index is 12.4. The molecule has 0 fully saturated rings. The highest BCUT2D eigenvalue weighted by Crippen LogP contribution is 2.30. The van der Waals surface area contributed by atoms with E-state index in [4.69, 9.17) is 26.4 Å². The van der Waals surface area contributed by atoms with Crippen LogP contribution in [0.3, 0.4) is 0 Å². The Hall–Kier alpha value is -3.19. The van der Waals surface area contributed by atoms with Gasteiger partial charge in [0.2, 0.25) is 0 Å². The van der Waals surface area contributed by atoms with E-state index in [1.165, 1.54) is 0 Å². The minimum Gasteiger partial charge on any atom is -0.485 e. The van der Waals surface area contributed by atoms with Crippen molar-refractivity contribution in [1.82, 2.24) is 0 Å². The fourth-order valence-corrected chi connectivity index (χ4v) is 5.00. The van der Waals surface area contributed by atoms with Gasteiger partial charge in [-0.3, -0.25) is 4.79 Å². The Bertz CT molecular complexity index is 1140. The Labute approximate surface area is 214 Å². The van der Waals surface area contributed by atoms with Gasteiger partial charge in [-0.2, -0.15) is 0 Å². The zero-order valence-electron chi connectivity index (χ0n) is 18.7. The molecule has 0 aliphatic carbocycles. The van der Waals surface area contributed by atoms with Gasteiger partial charge < -0.3 is 19.0 Å². The fraction of sp³-hybridized carbons (Fsp3) is 0.261. The van der Waals surface area contributed by atoms with Crippen molar-refractivity contribution in [2.75, 3.05) is 26.9 Å². The third-order valence-corrected chi connectivity index (χ3v) is 7.08. The number of unbranched alkanes of at least 4 members (excludes halogenated alkanes) is 1. The Morgan fingerprint density at radius 3 is 2.43 bits per heavy atom. The highest BCUT2D eigenvalue weighted by molar-refractivity contribution is 7.80. The SMILES string of the molecule is COCCCCO[N+](=O)[O-].O=CCOc1ccccc1C(=O)Oc1ccc(-c2cc(=S)ss2)cc1. The largest absolute Gasteiger partial charge is 0.485 e. The quantitative estimate of drug-likeness (QED) is 0.0424. The van der Waals surface area contributed by atoms with E-state index in [9.17, 15) is 19.7 Å². The summed E-state index contributed by atoms with van der Waals surface area (Å²) in [6, 6.07) is 15.8. The summed E-state index contributed by atoms with van der Waals surface area (Å²) in [6.45, 7) is 0.670. The van der Waals surface area contributed by atoms with Crippen LogP contribution in [0.15, 0.2) is 54.6 Å². The van der Waals surface area contributed by atoms with Crippen LogP contribution >= 0.6 is 32.9 Å². The summed E-state index contributed by atoms with van der Waals surface area (Å²) in [5.41, 5.74) is 1.29. The number of nitrogens with zero attached hydrogens (tertiary/aromatic N) is 1. The molecule has 12 heteroatoms. The first-order chi connectivity index (χ1) is 16.9. The number of esters is 1. The van der Waals surface area contributed by atoms with Gasteiger partial charge in [0.25, 0.3) is 5.09 Å². The van der Waals surface area contributed by atoms with Crippen LogP contribution in [0.2, 0.25) is 0 Å². The van der Waals surface area contributed by atoms with Crippen molar-refractivity contribution in [2.45, 2.75) is 12.8 Å². The number of hydrogen-bond donors (Lipinski definition) is 0. The number of para-hydroxylation sites is 1. The first kappa shape index (κ1) is 28.1. The molecule has 2 aromatic carbocycles. The second-order valence-corrected chi connectivity index (χ2v) is 9.55. The number of rotatable bonds is 12. The highest BCUT2D eigenvalue weighted by atomic mass is 32.9. The number of methoxy groups -OCH3 is 1. The molecule has 0 saturated heterocycles. The molecule has 0 aliphatic rings. The van der Waals surface area contributed by atoms with Crippen molar-refractivity contribution in [1.29, 1.82) is 0 Å². The Morgan fingerprint density at radius 1 is 1.09 bits per heavy atom. The highest BCUT2D eigenvalue weighted by Gasteiger charge is 2.14. The average molecular weight is 538 g/mol. The van der Waals surface area contributed by atoms with Crippen LogP contribution in [0, 0.1) is 13.9 Å². The summed E-state index contributed by atoms with van der Waals surface area (Å²) >= 11 is 5.14. The van der Waals surface area contributed by atoms with Crippen molar-refractivity contribution < 1.29 is 33.7 Å². The van der Waals surface area contributed by atoms with Crippen molar-refractivity contribution in [3.63, 3.8) is 0 Å². The molecule has 0 atom stereocenters. The Balaban J connectivity index is 0.000000367. The van der Waals surface area contributed by atoms with Gasteiger partial charge in [0, 0.05) is 18.6 Å². The van der Waals surface area contributed by atoms with Gasteiger partial charge in [0.1, 0.15) is 27.5 Å². The van der Waals surface area contributed by atoms with E-state index in [0.29, 0.717) is 30.8 Å². The van der Waals surface area contributed by atoms with Crippen LogP contribution < -0.4 is 9.47 Å². The number of carbonyl (C=O) groups is 2. The smallest absolute Gasteiger partial charge is 0.347 e. The zero-order chi connectivity index (χ0) is 25.5. The zero-order valence-corrected chi connectivity index (χ0v) is 21.2. The third-order valence-electron chi connectivity index (χ3n) is 4.17. The van der Waals surface area contributed by atoms with E-state index >= 15 is 0 Å². The van der Waals surface area contributed by atoms with E-state index in [0.717, 1.165) is 20.7 Å². The van der Waals surface area contributed by atoms with E-state index in [-0.39, 0.29) is 18.8 Å². The molecule has 9 nitrogen and oxygen atoms in total. The monoisotopic (exact) mass is 537 g/mol. The van der Waals surface area contributed by atoms with E-state index in [1.807, 2.05) is 18.2 Å². The topological polar surface area (TPSA) is 114 Å². The predicted octanol–water partition coefficient (Wildman–Crippen LogP) is 5.62. The predicted molar refractivity (Wildman–Crippen MR) is 135 cm³/mol. The number of aldehydes is 1. The van der Waals surface area contributed by atoms with Crippen molar-refractivity contribution >= 4 is 45.2 Å². The first-order valence-electron chi connectivity index (χ1n) is 10.3. The van der Waals surface area contributed by atoms with Crippen molar-refractivity contribution in [3.05, 3.63) is 74.1 Å². The lowest BCUT2D eigenvalue weighted by atomic mass is 10.2. The molecular weight excluding hydrogens is 514 g/mol. The van der Waals surface area contributed by atoms with Gasteiger partial charge >= 0.3 is 5.97 Å². The standard InChI is InChI=1S/C18H12O4S3.C5H11NO4/c19-9-10-21-15-4-2-1-3-14(15)18(20)22-13-7-5-12(6-8-13)16-11-17(23)25-24-16;1-9-4-2-3-5-10-6(7)8/h1-9,11H,10H2;2-5H2,1H3. The maximum atomic E-state index is 12.4. The molecule has 0 spiro atoms. The molecule has 1 aromatic heterocycles. The molecular formula is C23H23NO8S3. The molecule has 0 saturated carbocycles. The number of ether oxygens (including phenoxy) is 3. The number of hydrogen-bond acceptors (Lipinski definition) is 11. The normalized spacial score (nSPS) is 9.97. The summed E-state index contributed by atoms with van der Waals surface area (Å²) in [5, 5.41) is 8.80. The van der Waals surface area contributed by atoms with Crippen molar-refractivity contribution in [3.8, 4) is 21.9 Å². The average Bonchev–Trinajstić information content (AvgIpc) is 3.29. The summed E-state index contributed by atoms with van der Waals surface area (Å²) in [6.07, 6.45) is 2.08. The van der Waals surface area contributed by atoms with Crippen LogP contribution in [-0.4, -0.2) is 44.3 Å². The van der Waals surface area contributed by atoms with E-state index < -0.39 is 11.1 Å². The molecule has 0 N–H and O–H groups in total. The first-order valence-corrected chi connectivity index (χ1v) is 12.8. The molecule has 35 heavy (non-hydrogen) atoms. The molecule has 186 valence electrons. The van der Waals surface area contributed by atoms with E-state index in [1.54, 1.807) is 64.2 Å². The molecule has 0 unspecified atom stereocenters. The van der Waals surface area contributed by atoms with Crippen LogP contribution in [0.4, 0.5) is 0 Å². The Kier molecular flexibility index (Phi) is 12.6. The van der Waals surface area contributed by atoms with Crippen LogP contribution in [0.1, 0.15) is 23.2 Å². The minimum absolute atomic E-state index is 0.119. The second kappa shape index (κ2) is 15.7. The lowest BCUT2D eigenvalue weighted by Gasteiger charge is -2.09. The van der Waals surface area contributed by atoms with Gasteiger partial charge in [-0.25, -0.2) is 4.79 Å². The van der Waals surface area contributed by atoms with Gasteiger partial charge in [-0.05, 0) is 60.9 Å².